The molecule has 1 aromatic heterocycles. The number of furan rings is 1. The van der Waals surface area contributed by atoms with Gasteiger partial charge in [-0.25, -0.2) is 4.39 Å². The third kappa shape index (κ3) is 2.59. The number of fused-ring (bicyclic) bond motifs is 1. The van der Waals surface area contributed by atoms with Crippen LogP contribution >= 0.6 is 0 Å². The minimum absolute atomic E-state index is 0.296. The maximum Gasteiger partial charge on any atom is 0.134 e. The number of nitrogens with one attached hydrogen (secondary N) is 1. The molecule has 0 aliphatic carbocycles. The first-order valence-corrected chi connectivity index (χ1v) is 6.59. The Morgan fingerprint density at radius 1 is 1.24 bits per heavy atom. The van der Waals surface area contributed by atoms with E-state index in [2.05, 4.69) is 5.32 Å². The zero-order valence-corrected chi connectivity index (χ0v) is 11.5. The molecule has 0 aliphatic rings. The predicted molar refractivity (Wildman–Crippen MR) is 79.4 cm³/mol. The molecule has 0 unspecified atom stereocenters. The van der Waals surface area contributed by atoms with Crippen molar-refractivity contribution < 1.29 is 8.81 Å². The molecule has 1 heterocycles. The third-order valence-electron chi connectivity index (χ3n) is 3.40. The van der Waals surface area contributed by atoms with E-state index < -0.39 is 0 Å². The second kappa shape index (κ2) is 5.29. The highest BCUT2D eigenvalue weighted by Crippen LogP contribution is 2.23. The number of rotatable bonds is 3. The van der Waals surface area contributed by atoms with Crippen LogP contribution in [0.1, 0.15) is 16.9 Å². The smallest absolute Gasteiger partial charge is 0.134 e. The summed E-state index contributed by atoms with van der Waals surface area (Å²) >= 11 is 0. The molecule has 1 N–H and O–H groups in total. The van der Waals surface area contributed by atoms with Crippen LogP contribution in [0.3, 0.4) is 0 Å². The zero-order valence-electron chi connectivity index (χ0n) is 11.5. The summed E-state index contributed by atoms with van der Waals surface area (Å²) in [5, 5.41) is 13.0. The molecule has 0 amide bonds. The van der Waals surface area contributed by atoms with E-state index in [0.717, 1.165) is 16.7 Å². The lowest BCUT2D eigenvalue weighted by Gasteiger charge is -2.09. The fourth-order valence-corrected chi connectivity index (χ4v) is 2.23. The third-order valence-corrected chi connectivity index (χ3v) is 3.40. The van der Waals surface area contributed by atoms with Crippen LogP contribution in [-0.2, 0) is 6.54 Å². The normalized spacial score (nSPS) is 10.5. The van der Waals surface area contributed by atoms with Crippen molar-refractivity contribution in [1.29, 1.82) is 5.26 Å². The minimum atomic E-state index is -0.388. The quantitative estimate of drug-likeness (QED) is 0.775. The Labute approximate surface area is 121 Å². The number of para-hydroxylation sites is 1. The van der Waals surface area contributed by atoms with E-state index in [4.69, 9.17) is 9.68 Å². The number of hydrogen-bond acceptors (Lipinski definition) is 3. The Hall–Kier alpha value is -2.80. The van der Waals surface area contributed by atoms with Crippen LogP contribution in [0, 0.1) is 24.1 Å². The monoisotopic (exact) mass is 280 g/mol. The number of nitriles is 1. The molecule has 4 heteroatoms. The first-order valence-electron chi connectivity index (χ1n) is 6.59. The van der Waals surface area contributed by atoms with Crippen molar-refractivity contribution >= 4 is 16.7 Å². The lowest BCUT2D eigenvalue weighted by atomic mass is 10.1. The SMILES string of the molecule is Cc1c(F)cc(C#N)cc1NCc1cc2ccccc2o1. The van der Waals surface area contributed by atoms with Gasteiger partial charge in [0.25, 0.3) is 0 Å². The van der Waals surface area contributed by atoms with Gasteiger partial charge in [0.2, 0.25) is 0 Å². The Balaban J connectivity index is 1.84. The average molecular weight is 280 g/mol. The first kappa shape index (κ1) is 13.2. The van der Waals surface area contributed by atoms with Crippen molar-refractivity contribution in [3.8, 4) is 6.07 Å². The molecule has 0 radical (unpaired) electrons. The molecule has 0 saturated heterocycles. The van der Waals surface area contributed by atoms with Gasteiger partial charge in [-0.1, -0.05) is 18.2 Å². The predicted octanol–water partition coefficient (Wildman–Crippen LogP) is 4.36. The van der Waals surface area contributed by atoms with E-state index in [1.807, 2.05) is 36.4 Å². The molecular formula is C17H13FN2O. The Morgan fingerprint density at radius 3 is 2.81 bits per heavy atom. The average Bonchev–Trinajstić information content (AvgIpc) is 2.91. The van der Waals surface area contributed by atoms with Crippen molar-refractivity contribution in [2.75, 3.05) is 5.32 Å². The summed E-state index contributed by atoms with van der Waals surface area (Å²) < 4.78 is 19.4. The maximum absolute atomic E-state index is 13.7. The molecule has 3 nitrogen and oxygen atoms in total. The highest BCUT2D eigenvalue weighted by molar-refractivity contribution is 5.77. The van der Waals surface area contributed by atoms with Crippen LogP contribution in [0.5, 0.6) is 0 Å². The second-order valence-corrected chi connectivity index (χ2v) is 4.85. The fraction of sp³-hybridized carbons (Fsp3) is 0.118. The number of halogens is 1. The summed E-state index contributed by atoms with van der Waals surface area (Å²) in [5.41, 5.74) is 2.21. The Bertz CT molecular complexity index is 813. The van der Waals surface area contributed by atoms with Gasteiger partial charge in [-0.3, -0.25) is 0 Å². The zero-order chi connectivity index (χ0) is 14.8. The summed E-state index contributed by atoms with van der Waals surface area (Å²) in [6, 6.07) is 14.5. The molecule has 3 aromatic rings. The van der Waals surface area contributed by atoms with Crippen molar-refractivity contribution in [2.45, 2.75) is 13.5 Å². The Kier molecular flexibility index (Phi) is 3.33. The molecule has 3 rings (SSSR count). The van der Waals surface area contributed by atoms with Gasteiger partial charge < -0.3 is 9.73 Å². The minimum Gasteiger partial charge on any atom is -0.459 e. The van der Waals surface area contributed by atoms with E-state index in [9.17, 15) is 4.39 Å². The lowest BCUT2D eigenvalue weighted by molar-refractivity contribution is 0.559. The first-order chi connectivity index (χ1) is 10.2. The number of nitrogens with zero attached hydrogens (tertiary/aromatic N) is 1. The lowest BCUT2D eigenvalue weighted by Crippen LogP contribution is -2.02. The molecular weight excluding hydrogens is 267 g/mol. The molecule has 0 fully saturated rings. The summed E-state index contributed by atoms with van der Waals surface area (Å²) in [6.07, 6.45) is 0. The largest absolute Gasteiger partial charge is 0.459 e. The van der Waals surface area contributed by atoms with Gasteiger partial charge in [0.15, 0.2) is 0 Å². The fourth-order valence-electron chi connectivity index (χ4n) is 2.23. The van der Waals surface area contributed by atoms with Crippen molar-refractivity contribution in [1.82, 2.24) is 0 Å². The van der Waals surface area contributed by atoms with E-state index >= 15 is 0 Å². The molecule has 2 aromatic carbocycles. The van der Waals surface area contributed by atoms with Gasteiger partial charge in [0.05, 0.1) is 18.2 Å². The molecule has 0 spiro atoms. The van der Waals surface area contributed by atoms with Crippen molar-refractivity contribution in [3.05, 3.63) is 65.2 Å². The molecule has 0 aliphatic heterocycles. The molecule has 21 heavy (non-hydrogen) atoms. The number of benzene rings is 2. The summed E-state index contributed by atoms with van der Waals surface area (Å²) in [7, 11) is 0. The topological polar surface area (TPSA) is 49.0 Å². The van der Waals surface area contributed by atoms with Gasteiger partial charge in [0, 0.05) is 16.6 Å². The van der Waals surface area contributed by atoms with Crippen molar-refractivity contribution in [3.63, 3.8) is 0 Å². The molecule has 0 saturated carbocycles. The molecule has 0 atom stereocenters. The van der Waals surface area contributed by atoms with Crippen LogP contribution in [0.4, 0.5) is 10.1 Å². The van der Waals surface area contributed by atoms with Gasteiger partial charge in [-0.2, -0.15) is 5.26 Å². The van der Waals surface area contributed by atoms with E-state index in [1.165, 1.54) is 6.07 Å². The highest BCUT2D eigenvalue weighted by atomic mass is 19.1. The van der Waals surface area contributed by atoms with E-state index in [-0.39, 0.29) is 5.82 Å². The van der Waals surface area contributed by atoms with E-state index in [0.29, 0.717) is 23.4 Å². The second-order valence-electron chi connectivity index (χ2n) is 4.85. The van der Waals surface area contributed by atoms with Crippen LogP contribution in [0.15, 0.2) is 46.9 Å². The standard InChI is InChI=1S/C17H13FN2O/c1-11-15(18)6-12(9-19)7-16(11)20-10-14-8-13-4-2-3-5-17(13)21-14/h2-8,20H,10H2,1H3. The van der Waals surface area contributed by atoms with Gasteiger partial charge in [0.1, 0.15) is 17.2 Å². The molecule has 104 valence electrons. The Morgan fingerprint density at radius 2 is 2.05 bits per heavy atom. The van der Waals surface area contributed by atoms with Crippen LogP contribution in [-0.4, -0.2) is 0 Å². The van der Waals surface area contributed by atoms with Gasteiger partial charge in [-0.05, 0) is 31.2 Å². The highest BCUT2D eigenvalue weighted by Gasteiger charge is 2.08. The van der Waals surface area contributed by atoms with Gasteiger partial charge in [-0.15, -0.1) is 0 Å². The number of anilines is 1. The molecule has 0 bridgehead atoms. The van der Waals surface area contributed by atoms with Crippen LogP contribution in [0.25, 0.3) is 11.0 Å². The van der Waals surface area contributed by atoms with E-state index in [1.54, 1.807) is 13.0 Å². The van der Waals surface area contributed by atoms with Crippen LogP contribution < -0.4 is 5.32 Å². The van der Waals surface area contributed by atoms with Crippen LogP contribution in [0.2, 0.25) is 0 Å². The summed E-state index contributed by atoms with van der Waals surface area (Å²) in [5.74, 6) is 0.375. The number of hydrogen-bond donors (Lipinski definition) is 1. The summed E-state index contributed by atoms with van der Waals surface area (Å²) in [6.45, 7) is 2.11. The summed E-state index contributed by atoms with van der Waals surface area (Å²) in [4.78, 5) is 0. The van der Waals surface area contributed by atoms with Crippen molar-refractivity contribution in [2.24, 2.45) is 0 Å². The maximum atomic E-state index is 13.7. The van der Waals surface area contributed by atoms with Gasteiger partial charge >= 0.3 is 0 Å².